The first-order valence-electron chi connectivity index (χ1n) is 5.00. The summed E-state index contributed by atoms with van der Waals surface area (Å²) in [6, 6.07) is 9.97. The predicted molar refractivity (Wildman–Crippen MR) is 54.8 cm³/mol. The first-order chi connectivity index (χ1) is 7.42. The molecular weight excluding hydrogens is 190 g/mol. The fourth-order valence-corrected chi connectivity index (χ4v) is 1.52. The Labute approximate surface area is 87.5 Å². The van der Waals surface area contributed by atoms with E-state index in [0.29, 0.717) is 6.10 Å². The second-order valence-corrected chi connectivity index (χ2v) is 3.65. The average Bonchev–Trinajstić information content (AvgIpc) is 2.96. The summed E-state index contributed by atoms with van der Waals surface area (Å²) in [5, 5.41) is 8.18. The minimum Gasteiger partial charge on any atom is -0.373 e. The number of epoxide rings is 1. The fourth-order valence-electron chi connectivity index (χ4n) is 1.52. The SMILES string of the molecule is c1ccc(-n2cc(CC3CO3)nn2)cc1. The molecule has 2 heterocycles. The Hall–Kier alpha value is -1.68. The molecule has 1 unspecified atom stereocenters. The standard InChI is InChI=1S/C11H11N3O/c1-2-4-10(5-3-1)14-7-9(12-13-14)6-11-8-15-11/h1-5,7,11H,6,8H2. The van der Waals surface area contributed by atoms with E-state index in [1.165, 1.54) is 0 Å². The lowest BCUT2D eigenvalue weighted by molar-refractivity contribution is 0.406. The number of hydrogen-bond donors (Lipinski definition) is 0. The van der Waals surface area contributed by atoms with E-state index in [9.17, 15) is 0 Å². The summed E-state index contributed by atoms with van der Waals surface area (Å²) in [5.74, 6) is 0. The van der Waals surface area contributed by atoms with Crippen molar-refractivity contribution in [2.24, 2.45) is 0 Å². The van der Waals surface area contributed by atoms with Crippen molar-refractivity contribution in [3.8, 4) is 5.69 Å². The Balaban J connectivity index is 1.83. The summed E-state index contributed by atoms with van der Waals surface area (Å²) in [4.78, 5) is 0. The molecule has 4 heteroatoms. The Morgan fingerprint density at radius 3 is 2.87 bits per heavy atom. The Kier molecular flexibility index (Phi) is 1.99. The van der Waals surface area contributed by atoms with E-state index in [1.54, 1.807) is 4.68 Å². The van der Waals surface area contributed by atoms with Crippen molar-refractivity contribution < 1.29 is 4.74 Å². The number of rotatable bonds is 3. The molecule has 1 aromatic heterocycles. The molecule has 2 aromatic rings. The highest BCUT2D eigenvalue weighted by molar-refractivity contribution is 5.29. The molecule has 0 N–H and O–H groups in total. The van der Waals surface area contributed by atoms with Gasteiger partial charge in [-0.25, -0.2) is 4.68 Å². The lowest BCUT2D eigenvalue weighted by Crippen LogP contribution is -1.93. The summed E-state index contributed by atoms with van der Waals surface area (Å²) >= 11 is 0. The second-order valence-electron chi connectivity index (χ2n) is 3.65. The van der Waals surface area contributed by atoms with E-state index in [2.05, 4.69) is 10.3 Å². The molecule has 3 rings (SSSR count). The quantitative estimate of drug-likeness (QED) is 0.701. The molecule has 4 nitrogen and oxygen atoms in total. The van der Waals surface area contributed by atoms with Crippen LogP contribution in [0.3, 0.4) is 0 Å². The third-order valence-electron chi connectivity index (χ3n) is 2.40. The Morgan fingerprint density at radius 1 is 1.33 bits per heavy atom. The maximum Gasteiger partial charge on any atom is 0.0866 e. The van der Waals surface area contributed by atoms with Gasteiger partial charge in [0.1, 0.15) is 0 Å². The molecule has 0 saturated carbocycles. The minimum atomic E-state index is 0.367. The molecule has 0 radical (unpaired) electrons. The Morgan fingerprint density at radius 2 is 2.13 bits per heavy atom. The normalized spacial score (nSPS) is 19.1. The third kappa shape index (κ3) is 1.89. The van der Waals surface area contributed by atoms with Crippen LogP contribution in [0.2, 0.25) is 0 Å². The average molecular weight is 201 g/mol. The maximum absolute atomic E-state index is 5.15. The number of benzene rings is 1. The van der Waals surface area contributed by atoms with Gasteiger partial charge < -0.3 is 4.74 Å². The van der Waals surface area contributed by atoms with Gasteiger partial charge in [0.05, 0.1) is 30.3 Å². The van der Waals surface area contributed by atoms with Gasteiger partial charge in [-0.05, 0) is 12.1 Å². The van der Waals surface area contributed by atoms with E-state index < -0.39 is 0 Å². The zero-order chi connectivity index (χ0) is 10.1. The highest BCUT2D eigenvalue weighted by Crippen LogP contribution is 2.15. The van der Waals surface area contributed by atoms with Gasteiger partial charge in [-0.2, -0.15) is 0 Å². The molecule has 0 bridgehead atoms. The van der Waals surface area contributed by atoms with Crippen molar-refractivity contribution >= 4 is 0 Å². The van der Waals surface area contributed by atoms with Crippen molar-refractivity contribution in [1.82, 2.24) is 15.0 Å². The number of para-hydroxylation sites is 1. The molecule has 0 aliphatic carbocycles. The molecule has 1 aliphatic rings. The van der Waals surface area contributed by atoms with Gasteiger partial charge in [-0.1, -0.05) is 23.4 Å². The fraction of sp³-hybridized carbons (Fsp3) is 0.273. The van der Waals surface area contributed by atoms with Gasteiger partial charge in [-0.15, -0.1) is 5.10 Å². The molecular formula is C11H11N3O. The van der Waals surface area contributed by atoms with Crippen LogP contribution in [0.1, 0.15) is 5.69 Å². The van der Waals surface area contributed by atoms with Gasteiger partial charge in [0.15, 0.2) is 0 Å². The zero-order valence-corrected chi connectivity index (χ0v) is 8.21. The van der Waals surface area contributed by atoms with Crippen LogP contribution in [0.25, 0.3) is 5.69 Å². The van der Waals surface area contributed by atoms with Crippen LogP contribution in [0.5, 0.6) is 0 Å². The first kappa shape index (κ1) is 8.61. The van der Waals surface area contributed by atoms with Crippen molar-refractivity contribution in [2.75, 3.05) is 6.61 Å². The summed E-state index contributed by atoms with van der Waals surface area (Å²) in [7, 11) is 0. The van der Waals surface area contributed by atoms with E-state index in [1.807, 2.05) is 36.5 Å². The van der Waals surface area contributed by atoms with Crippen molar-refractivity contribution in [1.29, 1.82) is 0 Å². The van der Waals surface area contributed by atoms with Crippen LogP contribution < -0.4 is 0 Å². The van der Waals surface area contributed by atoms with Crippen LogP contribution in [-0.2, 0) is 11.2 Å². The highest BCUT2D eigenvalue weighted by atomic mass is 16.6. The highest BCUT2D eigenvalue weighted by Gasteiger charge is 2.23. The number of aromatic nitrogens is 3. The van der Waals surface area contributed by atoms with Gasteiger partial charge >= 0.3 is 0 Å². The van der Waals surface area contributed by atoms with Crippen molar-refractivity contribution in [3.05, 3.63) is 42.2 Å². The number of ether oxygens (including phenoxy) is 1. The molecule has 1 aliphatic heterocycles. The Bertz CT molecular complexity index is 448. The number of hydrogen-bond acceptors (Lipinski definition) is 3. The van der Waals surface area contributed by atoms with Crippen LogP contribution in [0.4, 0.5) is 0 Å². The molecule has 76 valence electrons. The molecule has 1 aromatic carbocycles. The van der Waals surface area contributed by atoms with E-state index in [-0.39, 0.29) is 0 Å². The smallest absolute Gasteiger partial charge is 0.0866 e. The lowest BCUT2D eigenvalue weighted by atomic mass is 10.3. The maximum atomic E-state index is 5.15. The van der Waals surface area contributed by atoms with Crippen LogP contribution in [0.15, 0.2) is 36.5 Å². The van der Waals surface area contributed by atoms with Gasteiger partial charge in [-0.3, -0.25) is 0 Å². The first-order valence-corrected chi connectivity index (χ1v) is 5.00. The predicted octanol–water partition coefficient (Wildman–Crippen LogP) is 1.21. The van der Waals surface area contributed by atoms with Crippen LogP contribution in [-0.4, -0.2) is 27.7 Å². The monoisotopic (exact) mass is 201 g/mol. The van der Waals surface area contributed by atoms with E-state index in [0.717, 1.165) is 24.4 Å². The molecule has 0 amide bonds. The van der Waals surface area contributed by atoms with E-state index in [4.69, 9.17) is 4.74 Å². The van der Waals surface area contributed by atoms with Gasteiger partial charge in [0, 0.05) is 6.42 Å². The summed E-state index contributed by atoms with van der Waals surface area (Å²) in [6.45, 7) is 0.859. The molecule has 1 fully saturated rings. The number of nitrogens with zero attached hydrogens (tertiary/aromatic N) is 3. The minimum absolute atomic E-state index is 0.367. The lowest BCUT2D eigenvalue weighted by Gasteiger charge is -1.96. The summed E-state index contributed by atoms with van der Waals surface area (Å²) in [6.07, 6.45) is 3.19. The largest absolute Gasteiger partial charge is 0.373 e. The zero-order valence-electron chi connectivity index (χ0n) is 8.21. The third-order valence-corrected chi connectivity index (χ3v) is 2.40. The van der Waals surface area contributed by atoms with E-state index >= 15 is 0 Å². The topological polar surface area (TPSA) is 43.2 Å². The molecule has 1 atom stereocenters. The summed E-state index contributed by atoms with van der Waals surface area (Å²) < 4.78 is 6.94. The van der Waals surface area contributed by atoms with Crippen LogP contribution in [0, 0.1) is 0 Å². The van der Waals surface area contributed by atoms with Crippen molar-refractivity contribution in [2.45, 2.75) is 12.5 Å². The van der Waals surface area contributed by atoms with Gasteiger partial charge in [0.25, 0.3) is 0 Å². The molecule has 0 spiro atoms. The second kappa shape index (κ2) is 3.47. The van der Waals surface area contributed by atoms with Gasteiger partial charge in [0.2, 0.25) is 0 Å². The summed E-state index contributed by atoms with van der Waals surface area (Å²) in [5.41, 5.74) is 2.02. The molecule has 1 saturated heterocycles. The molecule has 15 heavy (non-hydrogen) atoms. The van der Waals surface area contributed by atoms with Crippen LogP contribution >= 0.6 is 0 Å². The van der Waals surface area contributed by atoms with Crippen molar-refractivity contribution in [3.63, 3.8) is 0 Å².